The van der Waals surface area contributed by atoms with Crippen LogP contribution < -0.4 is 25.4 Å². The third-order valence-corrected chi connectivity index (χ3v) is 7.53. The number of hydrogen-bond donors (Lipinski definition) is 3. The Kier molecular flexibility index (Phi) is 7.33. The van der Waals surface area contributed by atoms with Crippen LogP contribution in [0.15, 0.2) is 36.7 Å². The Balaban J connectivity index is 1.22. The van der Waals surface area contributed by atoms with Gasteiger partial charge in [-0.1, -0.05) is 0 Å². The molecule has 0 unspecified atom stereocenters. The van der Waals surface area contributed by atoms with E-state index in [9.17, 15) is 4.79 Å². The number of methoxy groups -OCH3 is 2. The average Bonchev–Trinajstić information content (AvgIpc) is 3.51. The maximum atomic E-state index is 13.4. The van der Waals surface area contributed by atoms with Gasteiger partial charge in [0.1, 0.15) is 23.4 Å². The monoisotopic (exact) mass is 558 g/mol. The lowest BCUT2D eigenvalue weighted by Crippen LogP contribution is -2.50. The van der Waals surface area contributed by atoms with E-state index in [1.54, 1.807) is 14.2 Å². The molecule has 12 nitrogen and oxygen atoms in total. The van der Waals surface area contributed by atoms with Crippen molar-refractivity contribution in [3.63, 3.8) is 0 Å². The van der Waals surface area contributed by atoms with Crippen LogP contribution in [-0.2, 0) is 24.1 Å². The Morgan fingerprint density at radius 3 is 2.78 bits per heavy atom. The second-order valence-electron chi connectivity index (χ2n) is 10.2. The molecule has 6 rings (SSSR count). The molecular formula is C29H34N8O4. The molecule has 1 aromatic carbocycles. The summed E-state index contributed by atoms with van der Waals surface area (Å²) >= 11 is 0. The maximum absolute atomic E-state index is 13.4. The molecule has 0 saturated carbocycles. The zero-order chi connectivity index (χ0) is 28.5. The highest BCUT2D eigenvalue weighted by Crippen LogP contribution is 2.33. The highest BCUT2D eigenvalue weighted by atomic mass is 16.5. The molecule has 2 aliphatic heterocycles. The zero-order valence-corrected chi connectivity index (χ0v) is 23.7. The van der Waals surface area contributed by atoms with Crippen LogP contribution in [0, 0.1) is 13.8 Å². The number of benzene rings is 1. The predicted octanol–water partition coefficient (Wildman–Crippen LogP) is 3.18. The predicted molar refractivity (Wildman–Crippen MR) is 154 cm³/mol. The number of aromatic nitrogens is 5. The maximum Gasteiger partial charge on any atom is 0.257 e. The molecule has 3 aromatic heterocycles. The molecule has 0 radical (unpaired) electrons. The van der Waals surface area contributed by atoms with Gasteiger partial charge in [0.25, 0.3) is 5.91 Å². The Morgan fingerprint density at radius 1 is 1.17 bits per heavy atom. The highest BCUT2D eigenvalue weighted by Gasteiger charge is 2.25. The van der Waals surface area contributed by atoms with E-state index < -0.39 is 0 Å². The van der Waals surface area contributed by atoms with E-state index in [2.05, 4.69) is 26.0 Å². The number of aryl methyl sites for hydroxylation is 2. The molecular weight excluding hydrogens is 524 g/mol. The number of amides is 1. The molecule has 0 bridgehead atoms. The number of hydrogen-bond acceptors (Lipinski definition) is 9. The van der Waals surface area contributed by atoms with Gasteiger partial charge >= 0.3 is 0 Å². The molecule has 0 aliphatic carbocycles. The van der Waals surface area contributed by atoms with Gasteiger partial charge < -0.3 is 34.7 Å². The normalized spacial score (nSPS) is 14.1. The largest absolute Gasteiger partial charge is 0.494 e. The van der Waals surface area contributed by atoms with Gasteiger partial charge in [-0.3, -0.25) is 9.48 Å². The lowest BCUT2D eigenvalue weighted by atomic mass is 10.0. The minimum atomic E-state index is -0.170. The lowest BCUT2D eigenvalue weighted by molar-refractivity contribution is 0.102. The summed E-state index contributed by atoms with van der Waals surface area (Å²) in [5.74, 6) is 2.39. The van der Waals surface area contributed by atoms with E-state index in [0.29, 0.717) is 36.8 Å². The Hall–Kier alpha value is -4.42. The molecule has 0 spiro atoms. The fourth-order valence-corrected chi connectivity index (χ4v) is 5.18. The molecule has 5 heterocycles. The Morgan fingerprint density at radius 2 is 2.02 bits per heavy atom. The fraction of sp³-hybridized carbons (Fsp3) is 0.379. The summed E-state index contributed by atoms with van der Waals surface area (Å²) in [6, 6.07) is 7.50. The van der Waals surface area contributed by atoms with Crippen LogP contribution in [0.2, 0.25) is 0 Å². The summed E-state index contributed by atoms with van der Waals surface area (Å²) in [6.07, 6.45) is 5.34. The van der Waals surface area contributed by atoms with Crippen LogP contribution in [0.4, 0.5) is 17.3 Å². The summed E-state index contributed by atoms with van der Waals surface area (Å²) in [5, 5.41) is 14.1. The van der Waals surface area contributed by atoms with Crippen LogP contribution in [0.1, 0.15) is 33.0 Å². The van der Waals surface area contributed by atoms with Gasteiger partial charge in [0.15, 0.2) is 0 Å². The second kappa shape index (κ2) is 11.2. The van der Waals surface area contributed by atoms with Crippen molar-refractivity contribution in [3.8, 4) is 17.3 Å². The lowest BCUT2D eigenvalue weighted by Gasteiger charge is -2.28. The quantitative estimate of drug-likeness (QED) is 0.269. The van der Waals surface area contributed by atoms with Crippen molar-refractivity contribution in [2.24, 2.45) is 0 Å². The minimum absolute atomic E-state index is 0.170. The molecule has 2 aliphatic rings. The van der Waals surface area contributed by atoms with Crippen molar-refractivity contribution in [1.29, 1.82) is 0 Å². The number of rotatable bonds is 10. The molecule has 4 aromatic rings. The van der Waals surface area contributed by atoms with E-state index in [4.69, 9.17) is 19.2 Å². The Labute approximate surface area is 238 Å². The van der Waals surface area contributed by atoms with Gasteiger partial charge in [-0.2, -0.15) is 10.1 Å². The molecule has 3 N–H and O–H groups in total. The fourth-order valence-electron chi connectivity index (χ4n) is 5.18. The number of anilines is 3. The summed E-state index contributed by atoms with van der Waals surface area (Å²) in [4.78, 5) is 22.8. The minimum Gasteiger partial charge on any atom is -0.494 e. The van der Waals surface area contributed by atoms with E-state index >= 15 is 0 Å². The van der Waals surface area contributed by atoms with Crippen molar-refractivity contribution in [3.05, 3.63) is 64.9 Å². The van der Waals surface area contributed by atoms with Crippen molar-refractivity contribution >= 4 is 23.2 Å². The van der Waals surface area contributed by atoms with Crippen LogP contribution >= 0.6 is 0 Å². The zero-order valence-electron chi connectivity index (χ0n) is 23.7. The Bertz CT molecular complexity index is 1590. The number of nitrogens with zero attached hydrogens (tertiary/aromatic N) is 5. The van der Waals surface area contributed by atoms with Gasteiger partial charge in [-0.15, -0.1) is 0 Å². The molecule has 12 heteroatoms. The summed E-state index contributed by atoms with van der Waals surface area (Å²) in [6.45, 7) is 6.69. The number of nitrogens with one attached hydrogen (secondary N) is 3. The first-order valence-corrected chi connectivity index (χ1v) is 13.7. The van der Waals surface area contributed by atoms with E-state index in [1.807, 2.05) is 59.8 Å². The third kappa shape index (κ3) is 5.23. The van der Waals surface area contributed by atoms with Crippen LogP contribution in [0.3, 0.4) is 0 Å². The second-order valence-corrected chi connectivity index (χ2v) is 10.2. The van der Waals surface area contributed by atoms with E-state index in [1.165, 1.54) is 0 Å². The van der Waals surface area contributed by atoms with Crippen LogP contribution in [-0.4, -0.2) is 70.2 Å². The molecule has 1 saturated heterocycles. The average molecular weight is 559 g/mol. The molecule has 1 fully saturated rings. The SMILES string of the molecule is COCCn1nc(C)c(NC(=O)c2ccn3c2CCc2cnc(Nc4ccc(OC5CNC5)cc4OC)nc2-3)c1C. The van der Waals surface area contributed by atoms with Gasteiger partial charge in [-0.25, -0.2) is 4.98 Å². The summed E-state index contributed by atoms with van der Waals surface area (Å²) in [7, 11) is 3.28. The van der Waals surface area contributed by atoms with Crippen LogP contribution in [0.25, 0.3) is 5.82 Å². The third-order valence-electron chi connectivity index (χ3n) is 7.53. The molecule has 1 amide bonds. The van der Waals surface area contributed by atoms with Crippen molar-refractivity contribution in [1.82, 2.24) is 29.6 Å². The van der Waals surface area contributed by atoms with Gasteiger partial charge in [0.2, 0.25) is 5.95 Å². The van der Waals surface area contributed by atoms with E-state index in [0.717, 1.165) is 65.1 Å². The molecule has 41 heavy (non-hydrogen) atoms. The first kappa shape index (κ1) is 26.8. The van der Waals surface area contributed by atoms with Crippen molar-refractivity contribution < 1.29 is 19.0 Å². The topological polar surface area (TPSA) is 129 Å². The number of carbonyl (C=O) groups is 1. The first-order valence-electron chi connectivity index (χ1n) is 13.7. The smallest absolute Gasteiger partial charge is 0.257 e. The number of fused-ring (bicyclic) bond motifs is 3. The van der Waals surface area contributed by atoms with Gasteiger partial charge in [0.05, 0.1) is 48.6 Å². The molecule has 0 atom stereocenters. The van der Waals surface area contributed by atoms with Crippen LogP contribution in [0.5, 0.6) is 11.5 Å². The van der Waals surface area contributed by atoms with Gasteiger partial charge in [-0.05, 0) is 44.9 Å². The highest BCUT2D eigenvalue weighted by molar-refractivity contribution is 6.06. The molecule has 214 valence electrons. The van der Waals surface area contributed by atoms with Crippen molar-refractivity contribution in [2.45, 2.75) is 39.3 Å². The van der Waals surface area contributed by atoms with Gasteiger partial charge in [0, 0.05) is 49.9 Å². The standard InChI is InChI=1S/C29H34N8O4/c1-17-26(18(2)37(35-17)11-12-39-3)33-28(38)22-9-10-36-24(22)8-5-19-14-31-29(34-27(19)36)32-23-7-6-20(13-25(23)40-4)41-21-15-30-16-21/h6-7,9-10,13-14,21,30H,5,8,11-12,15-16H2,1-4H3,(H,33,38)(H,31,32,34). The number of carbonyl (C=O) groups excluding carboxylic acids is 1. The number of ether oxygens (including phenoxy) is 3. The van der Waals surface area contributed by atoms with Crippen molar-refractivity contribution in [2.75, 3.05) is 44.5 Å². The summed E-state index contributed by atoms with van der Waals surface area (Å²) < 4.78 is 20.6. The first-order chi connectivity index (χ1) is 19.9. The van der Waals surface area contributed by atoms with E-state index in [-0.39, 0.29) is 12.0 Å². The summed E-state index contributed by atoms with van der Waals surface area (Å²) in [5.41, 5.74) is 5.66.